The van der Waals surface area contributed by atoms with E-state index in [9.17, 15) is 4.79 Å². The summed E-state index contributed by atoms with van der Waals surface area (Å²) in [5.41, 5.74) is 0.738. The third kappa shape index (κ3) is 4.37. The summed E-state index contributed by atoms with van der Waals surface area (Å²) in [6.07, 6.45) is 3.21. The van der Waals surface area contributed by atoms with E-state index in [4.69, 9.17) is 0 Å². The lowest BCUT2D eigenvalue weighted by Gasteiger charge is -2.19. The monoisotopic (exact) mass is 237 g/mol. The fourth-order valence-corrected chi connectivity index (χ4v) is 2.56. The summed E-state index contributed by atoms with van der Waals surface area (Å²) in [7, 11) is 0. The Morgan fingerprint density at radius 2 is 1.69 bits per heavy atom. The lowest BCUT2D eigenvalue weighted by atomic mass is 10.2. The fraction of sp³-hybridized carbons (Fsp3) is 0.462. The molecule has 0 spiro atoms. The van der Waals surface area contributed by atoms with Crippen molar-refractivity contribution in [3.8, 4) is 0 Å². The highest BCUT2D eigenvalue weighted by Gasteiger charge is 2.04. The maximum Gasteiger partial charge on any atom is 0.150 e. The van der Waals surface area contributed by atoms with Gasteiger partial charge >= 0.3 is 0 Å². The van der Waals surface area contributed by atoms with Crippen LogP contribution in [-0.4, -0.2) is 23.7 Å². The number of rotatable bonds is 7. The van der Waals surface area contributed by atoms with E-state index in [1.165, 1.54) is 17.7 Å². The molecule has 0 amide bonds. The van der Waals surface area contributed by atoms with Gasteiger partial charge in [0.15, 0.2) is 0 Å². The van der Waals surface area contributed by atoms with Gasteiger partial charge < -0.3 is 0 Å². The number of carbonyl (C=O) groups excluding carboxylic acids is 1. The summed E-state index contributed by atoms with van der Waals surface area (Å²) in [5, 5.41) is 0. The molecule has 0 saturated heterocycles. The normalized spacial score (nSPS) is 10.7. The molecule has 0 aromatic heterocycles. The zero-order chi connectivity index (χ0) is 11.8. The van der Waals surface area contributed by atoms with Crippen LogP contribution < -0.4 is 0 Å². The van der Waals surface area contributed by atoms with Crippen LogP contribution in [0.2, 0.25) is 0 Å². The molecule has 0 N–H and O–H groups in total. The minimum Gasteiger partial charge on any atom is -0.298 e. The highest BCUT2D eigenvalue weighted by atomic mass is 32.2. The van der Waals surface area contributed by atoms with Gasteiger partial charge in [-0.25, -0.2) is 4.31 Å². The number of hydrogen-bond acceptors (Lipinski definition) is 3. The van der Waals surface area contributed by atoms with Crippen LogP contribution in [0.3, 0.4) is 0 Å². The van der Waals surface area contributed by atoms with Crippen LogP contribution in [0.1, 0.15) is 37.0 Å². The molecule has 0 radical (unpaired) electrons. The Labute approximate surface area is 102 Å². The first kappa shape index (κ1) is 13.3. The highest BCUT2D eigenvalue weighted by Crippen LogP contribution is 2.23. The van der Waals surface area contributed by atoms with Crippen molar-refractivity contribution in [2.75, 3.05) is 13.1 Å². The van der Waals surface area contributed by atoms with E-state index in [2.05, 4.69) is 18.2 Å². The maximum atomic E-state index is 10.5. The summed E-state index contributed by atoms with van der Waals surface area (Å²) < 4.78 is 2.37. The van der Waals surface area contributed by atoms with E-state index in [0.29, 0.717) is 0 Å². The van der Waals surface area contributed by atoms with Crippen LogP contribution in [0.4, 0.5) is 0 Å². The quantitative estimate of drug-likeness (QED) is 0.533. The summed E-state index contributed by atoms with van der Waals surface area (Å²) in [5.74, 6) is 0. The molecule has 3 heteroatoms. The largest absolute Gasteiger partial charge is 0.298 e. The zero-order valence-corrected chi connectivity index (χ0v) is 10.8. The van der Waals surface area contributed by atoms with Crippen molar-refractivity contribution >= 4 is 18.2 Å². The summed E-state index contributed by atoms with van der Waals surface area (Å²) in [4.78, 5) is 11.7. The topological polar surface area (TPSA) is 20.3 Å². The molecule has 0 atom stereocenters. The van der Waals surface area contributed by atoms with E-state index in [1.807, 2.05) is 24.3 Å². The lowest BCUT2D eigenvalue weighted by Crippen LogP contribution is -2.17. The first-order valence-electron chi connectivity index (χ1n) is 5.78. The van der Waals surface area contributed by atoms with E-state index in [-0.39, 0.29) is 0 Å². The van der Waals surface area contributed by atoms with Gasteiger partial charge in [-0.05, 0) is 36.9 Å². The summed E-state index contributed by atoms with van der Waals surface area (Å²) in [6, 6.07) is 7.75. The number of aldehydes is 1. The van der Waals surface area contributed by atoms with Gasteiger partial charge in [-0.1, -0.05) is 26.0 Å². The second kappa shape index (κ2) is 7.47. The molecule has 1 rings (SSSR count). The zero-order valence-electron chi connectivity index (χ0n) is 9.98. The van der Waals surface area contributed by atoms with Crippen molar-refractivity contribution in [2.45, 2.75) is 31.6 Å². The first-order valence-corrected chi connectivity index (χ1v) is 6.55. The predicted molar refractivity (Wildman–Crippen MR) is 69.8 cm³/mol. The van der Waals surface area contributed by atoms with Crippen LogP contribution in [0.25, 0.3) is 0 Å². The molecular formula is C13H19NOS. The van der Waals surface area contributed by atoms with E-state index < -0.39 is 0 Å². The lowest BCUT2D eigenvalue weighted by molar-refractivity contribution is 0.112. The van der Waals surface area contributed by atoms with Crippen molar-refractivity contribution in [3.05, 3.63) is 29.8 Å². The predicted octanol–water partition coefficient (Wildman–Crippen LogP) is 3.63. The third-order valence-electron chi connectivity index (χ3n) is 2.20. The molecule has 0 aliphatic rings. The smallest absolute Gasteiger partial charge is 0.150 e. The van der Waals surface area contributed by atoms with Crippen LogP contribution in [0.5, 0.6) is 0 Å². The fourth-order valence-electron chi connectivity index (χ4n) is 1.46. The number of benzene rings is 1. The van der Waals surface area contributed by atoms with Crippen LogP contribution in [-0.2, 0) is 0 Å². The van der Waals surface area contributed by atoms with Gasteiger partial charge in [0.25, 0.3) is 0 Å². The third-order valence-corrected chi connectivity index (χ3v) is 3.30. The summed E-state index contributed by atoms with van der Waals surface area (Å²) in [6.45, 7) is 6.60. The van der Waals surface area contributed by atoms with Crippen molar-refractivity contribution < 1.29 is 4.79 Å². The van der Waals surface area contributed by atoms with Crippen LogP contribution >= 0.6 is 11.9 Å². The molecule has 0 bridgehead atoms. The van der Waals surface area contributed by atoms with Crippen molar-refractivity contribution in [2.24, 2.45) is 0 Å². The van der Waals surface area contributed by atoms with Gasteiger partial charge in [0.1, 0.15) is 6.29 Å². The second-order valence-corrected chi connectivity index (χ2v) is 4.88. The molecule has 0 saturated carbocycles. The molecule has 1 aromatic rings. The number of hydrogen-bond donors (Lipinski definition) is 0. The van der Waals surface area contributed by atoms with Gasteiger partial charge in [-0.3, -0.25) is 4.79 Å². The van der Waals surface area contributed by atoms with Crippen molar-refractivity contribution in [3.63, 3.8) is 0 Å². The second-order valence-electron chi connectivity index (χ2n) is 3.71. The Morgan fingerprint density at radius 3 is 2.12 bits per heavy atom. The Bertz CT molecular complexity index is 304. The Kier molecular flexibility index (Phi) is 6.19. The Balaban J connectivity index is 2.58. The van der Waals surface area contributed by atoms with Crippen molar-refractivity contribution in [1.82, 2.24) is 4.31 Å². The Hall–Kier alpha value is -0.800. The van der Waals surface area contributed by atoms with Gasteiger partial charge in [0, 0.05) is 23.5 Å². The molecule has 1 aromatic carbocycles. The van der Waals surface area contributed by atoms with Gasteiger partial charge in [0.05, 0.1) is 0 Å². The number of carbonyl (C=O) groups is 1. The SMILES string of the molecule is CCCN(CCC)Sc1ccc(C=O)cc1. The molecule has 0 heterocycles. The minimum atomic E-state index is 0.738. The standard InChI is InChI=1S/C13H19NOS/c1-3-9-14(10-4-2)16-13-7-5-12(11-15)6-8-13/h5-8,11H,3-4,9-10H2,1-2H3. The molecule has 88 valence electrons. The Morgan fingerprint density at radius 1 is 1.12 bits per heavy atom. The average Bonchev–Trinajstić information content (AvgIpc) is 2.31. The first-order chi connectivity index (χ1) is 7.80. The van der Waals surface area contributed by atoms with E-state index >= 15 is 0 Å². The average molecular weight is 237 g/mol. The van der Waals surface area contributed by atoms with Crippen molar-refractivity contribution in [1.29, 1.82) is 0 Å². The van der Waals surface area contributed by atoms with Crippen LogP contribution in [0.15, 0.2) is 29.2 Å². The van der Waals surface area contributed by atoms with E-state index in [0.717, 1.165) is 24.9 Å². The molecule has 16 heavy (non-hydrogen) atoms. The molecule has 0 unspecified atom stereocenters. The maximum absolute atomic E-state index is 10.5. The highest BCUT2D eigenvalue weighted by molar-refractivity contribution is 7.97. The molecule has 2 nitrogen and oxygen atoms in total. The molecule has 0 aliphatic carbocycles. The number of nitrogens with zero attached hydrogens (tertiary/aromatic N) is 1. The van der Waals surface area contributed by atoms with Gasteiger partial charge in [-0.2, -0.15) is 0 Å². The van der Waals surface area contributed by atoms with Gasteiger partial charge in [-0.15, -0.1) is 0 Å². The minimum absolute atomic E-state index is 0.738. The van der Waals surface area contributed by atoms with Crippen LogP contribution in [0, 0.1) is 0 Å². The molecule has 0 aliphatic heterocycles. The summed E-state index contributed by atoms with van der Waals surface area (Å²) >= 11 is 1.77. The van der Waals surface area contributed by atoms with E-state index in [1.54, 1.807) is 11.9 Å². The molecular weight excluding hydrogens is 218 g/mol. The van der Waals surface area contributed by atoms with Gasteiger partial charge in [0.2, 0.25) is 0 Å². The molecule has 0 fully saturated rings.